The van der Waals surface area contributed by atoms with Gasteiger partial charge < -0.3 is 20.7 Å². The standard InChI is InChI=1S/C17H17N3O3/c1-23-14-5-2-11(3-6-14)10-18-17(22)19-13-4-7-15-12(8-13)9-16(21)20-15/h2-8H,9-10H2,1H3,(H,20,21)(H2,18,19,22). The Morgan fingerprint density at radius 1 is 1.22 bits per heavy atom. The van der Waals surface area contributed by atoms with E-state index in [0.717, 1.165) is 22.6 Å². The highest BCUT2D eigenvalue weighted by Gasteiger charge is 2.17. The van der Waals surface area contributed by atoms with E-state index in [4.69, 9.17) is 4.74 Å². The molecular weight excluding hydrogens is 294 g/mol. The Morgan fingerprint density at radius 3 is 2.74 bits per heavy atom. The molecule has 0 saturated carbocycles. The molecule has 3 N–H and O–H groups in total. The zero-order chi connectivity index (χ0) is 16.2. The molecule has 6 nitrogen and oxygen atoms in total. The van der Waals surface area contributed by atoms with Gasteiger partial charge in [-0.1, -0.05) is 12.1 Å². The van der Waals surface area contributed by atoms with Crippen molar-refractivity contribution in [3.05, 3.63) is 53.6 Å². The largest absolute Gasteiger partial charge is 0.497 e. The number of rotatable bonds is 4. The molecule has 0 aliphatic carbocycles. The number of ether oxygens (including phenoxy) is 1. The molecule has 2 aromatic rings. The topological polar surface area (TPSA) is 79.5 Å². The van der Waals surface area contributed by atoms with E-state index in [2.05, 4.69) is 16.0 Å². The Hall–Kier alpha value is -3.02. The number of benzene rings is 2. The lowest BCUT2D eigenvalue weighted by atomic mass is 10.1. The van der Waals surface area contributed by atoms with Crippen molar-refractivity contribution in [1.82, 2.24) is 5.32 Å². The second-order valence-electron chi connectivity index (χ2n) is 5.25. The number of hydrogen-bond acceptors (Lipinski definition) is 3. The van der Waals surface area contributed by atoms with Crippen molar-refractivity contribution in [2.24, 2.45) is 0 Å². The average Bonchev–Trinajstić information content (AvgIpc) is 2.92. The van der Waals surface area contributed by atoms with Crippen LogP contribution in [-0.2, 0) is 17.8 Å². The van der Waals surface area contributed by atoms with Gasteiger partial charge in [0.2, 0.25) is 5.91 Å². The lowest BCUT2D eigenvalue weighted by Crippen LogP contribution is -2.28. The zero-order valence-corrected chi connectivity index (χ0v) is 12.7. The third-order valence-corrected chi connectivity index (χ3v) is 3.60. The maximum absolute atomic E-state index is 11.9. The number of methoxy groups -OCH3 is 1. The van der Waals surface area contributed by atoms with Gasteiger partial charge in [0.25, 0.3) is 0 Å². The lowest BCUT2D eigenvalue weighted by molar-refractivity contribution is -0.115. The Labute approximate surface area is 133 Å². The van der Waals surface area contributed by atoms with E-state index in [-0.39, 0.29) is 11.9 Å². The highest BCUT2D eigenvalue weighted by Crippen LogP contribution is 2.25. The summed E-state index contributed by atoms with van der Waals surface area (Å²) in [5.74, 6) is 0.751. The molecule has 0 radical (unpaired) electrons. The van der Waals surface area contributed by atoms with Crippen molar-refractivity contribution in [2.75, 3.05) is 17.7 Å². The SMILES string of the molecule is COc1ccc(CNC(=O)Nc2ccc3c(c2)CC(=O)N3)cc1. The molecule has 1 heterocycles. The van der Waals surface area contributed by atoms with E-state index >= 15 is 0 Å². The van der Waals surface area contributed by atoms with Crippen LogP contribution in [0, 0.1) is 0 Å². The fourth-order valence-electron chi connectivity index (χ4n) is 2.41. The fourth-order valence-corrected chi connectivity index (χ4v) is 2.41. The number of fused-ring (bicyclic) bond motifs is 1. The summed E-state index contributed by atoms with van der Waals surface area (Å²) in [6.45, 7) is 0.417. The normalized spacial score (nSPS) is 12.3. The smallest absolute Gasteiger partial charge is 0.319 e. The molecule has 0 spiro atoms. The highest BCUT2D eigenvalue weighted by atomic mass is 16.5. The summed E-state index contributed by atoms with van der Waals surface area (Å²) in [5, 5.41) is 8.31. The fraction of sp³-hybridized carbons (Fsp3) is 0.176. The van der Waals surface area contributed by atoms with Crippen molar-refractivity contribution in [3.8, 4) is 5.75 Å². The van der Waals surface area contributed by atoms with Crippen molar-refractivity contribution in [2.45, 2.75) is 13.0 Å². The predicted molar refractivity (Wildman–Crippen MR) is 87.6 cm³/mol. The van der Waals surface area contributed by atoms with E-state index in [9.17, 15) is 9.59 Å². The van der Waals surface area contributed by atoms with Crippen molar-refractivity contribution >= 4 is 23.3 Å². The summed E-state index contributed by atoms with van der Waals surface area (Å²) in [6, 6.07) is 12.5. The van der Waals surface area contributed by atoms with Gasteiger partial charge in [-0.2, -0.15) is 0 Å². The zero-order valence-electron chi connectivity index (χ0n) is 12.7. The summed E-state index contributed by atoms with van der Waals surface area (Å²) < 4.78 is 5.09. The van der Waals surface area contributed by atoms with Crippen molar-refractivity contribution in [1.29, 1.82) is 0 Å². The van der Waals surface area contributed by atoms with Gasteiger partial charge in [-0.25, -0.2) is 4.79 Å². The van der Waals surface area contributed by atoms with Gasteiger partial charge in [-0.05, 0) is 41.5 Å². The van der Waals surface area contributed by atoms with Gasteiger partial charge in [-0.3, -0.25) is 4.79 Å². The molecule has 3 rings (SSSR count). The van der Waals surface area contributed by atoms with E-state index in [1.54, 1.807) is 25.3 Å². The molecule has 2 aromatic carbocycles. The number of carbonyl (C=O) groups excluding carboxylic acids is 2. The highest BCUT2D eigenvalue weighted by molar-refractivity contribution is 6.00. The number of hydrogen-bond donors (Lipinski definition) is 3. The minimum atomic E-state index is -0.293. The summed E-state index contributed by atoms with van der Waals surface area (Å²) in [4.78, 5) is 23.3. The summed E-state index contributed by atoms with van der Waals surface area (Å²) in [6.07, 6.45) is 0.346. The molecule has 118 valence electrons. The number of urea groups is 1. The maximum atomic E-state index is 11.9. The first kappa shape index (κ1) is 14.9. The first-order valence-electron chi connectivity index (χ1n) is 7.24. The van der Waals surface area contributed by atoms with Crippen LogP contribution in [0.2, 0.25) is 0 Å². The molecule has 0 saturated heterocycles. The lowest BCUT2D eigenvalue weighted by Gasteiger charge is -2.09. The summed E-state index contributed by atoms with van der Waals surface area (Å²) in [5.41, 5.74) is 3.33. The van der Waals surface area contributed by atoms with Crippen LogP contribution in [0.25, 0.3) is 0 Å². The van der Waals surface area contributed by atoms with Crippen LogP contribution in [0.1, 0.15) is 11.1 Å². The minimum Gasteiger partial charge on any atom is -0.497 e. The van der Waals surface area contributed by atoms with Gasteiger partial charge in [0.05, 0.1) is 13.5 Å². The molecule has 0 unspecified atom stereocenters. The molecule has 1 aliphatic rings. The number of anilines is 2. The van der Waals surface area contributed by atoms with Crippen LogP contribution in [0.4, 0.5) is 16.2 Å². The van der Waals surface area contributed by atoms with E-state index < -0.39 is 0 Å². The molecule has 0 aromatic heterocycles. The van der Waals surface area contributed by atoms with Crippen molar-refractivity contribution < 1.29 is 14.3 Å². The van der Waals surface area contributed by atoms with Crippen molar-refractivity contribution in [3.63, 3.8) is 0 Å². The molecule has 23 heavy (non-hydrogen) atoms. The molecular formula is C17H17N3O3. The second-order valence-corrected chi connectivity index (χ2v) is 5.25. The first-order valence-corrected chi connectivity index (χ1v) is 7.24. The van der Waals surface area contributed by atoms with Gasteiger partial charge >= 0.3 is 6.03 Å². The Kier molecular flexibility index (Phi) is 4.14. The molecule has 0 atom stereocenters. The van der Waals surface area contributed by atoms with Gasteiger partial charge in [-0.15, -0.1) is 0 Å². The van der Waals surface area contributed by atoms with Crippen LogP contribution < -0.4 is 20.7 Å². The minimum absolute atomic E-state index is 0.0268. The Balaban J connectivity index is 1.55. The molecule has 0 bridgehead atoms. The molecule has 3 amide bonds. The monoisotopic (exact) mass is 311 g/mol. The Morgan fingerprint density at radius 2 is 2.00 bits per heavy atom. The van der Waals surface area contributed by atoms with E-state index in [1.807, 2.05) is 24.3 Å². The average molecular weight is 311 g/mol. The molecule has 0 fully saturated rings. The van der Waals surface area contributed by atoms with Crippen LogP contribution >= 0.6 is 0 Å². The van der Waals surface area contributed by atoms with Crippen LogP contribution in [0.15, 0.2) is 42.5 Å². The molecule has 6 heteroatoms. The van der Waals surface area contributed by atoms with Crippen LogP contribution in [0.3, 0.4) is 0 Å². The Bertz CT molecular complexity index is 741. The summed E-state index contributed by atoms with van der Waals surface area (Å²) in [7, 11) is 1.61. The third-order valence-electron chi connectivity index (χ3n) is 3.60. The number of nitrogens with one attached hydrogen (secondary N) is 3. The van der Waals surface area contributed by atoms with Crippen LogP contribution in [0.5, 0.6) is 5.75 Å². The quantitative estimate of drug-likeness (QED) is 0.811. The second kappa shape index (κ2) is 6.39. The predicted octanol–water partition coefficient (Wildman–Crippen LogP) is 2.51. The third kappa shape index (κ3) is 3.60. The number of amides is 3. The van der Waals surface area contributed by atoms with E-state index in [1.165, 1.54) is 0 Å². The first-order chi connectivity index (χ1) is 11.1. The van der Waals surface area contributed by atoms with E-state index in [0.29, 0.717) is 18.7 Å². The van der Waals surface area contributed by atoms with Crippen LogP contribution in [-0.4, -0.2) is 19.0 Å². The maximum Gasteiger partial charge on any atom is 0.319 e. The van der Waals surface area contributed by atoms with Gasteiger partial charge in [0.1, 0.15) is 5.75 Å². The summed E-state index contributed by atoms with van der Waals surface area (Å²) >= 11 is 0. The molecule has 1 aliphatic heterocycles. The number of carbonyl (C=O) groups is 2. The van der Waals surface area contributed by atoms with Gasteiger partial charge in [0.15, 0.2) is 0 Å². The van der Waals surface area contributed by atoms with Gasteiger partial charge in [0, 0.05) is 17.9 Å².